The lowest BCUT2D eigenvalue weighted by molar-refractivity contribution is -0.154. The zero-order valence-corrected chi connectivity index (χ0v) is 19.8. The number of rotatable bonds is 22. The van der Waals surface area contributed by atoms with E-state index in [9.17, 15) is 9.90 Å². The Labute approximate surface area is 186 Å². The summed E-state index contributed by atoms with van der Waals surface area (Å²) in [5.41, 5.74) is 0. The molecule has 0 fully saturated rings. The first-order chi connectivity index (χ1) is 14.7. The lowest BCUT2D eigenvalue weighted by Crippen LogP contribution is -2.27. The van der Waals surface area contributed by atoms with E-state index in [1.807, 2.05) is 6.92 Å². The molecule has 1 N–H and O–H groups in total. The molecular weight excluding hydrogens is 376 g/mol. The highest BCUT2D eigenvalue weighted by Crippen LogP contribution is 2.09. The highest BCUT2D eigenvalue weighted by Gasteiger charge is 2.12. The third-order valence-electron chi connectivity index (χ3n) is 5.00. The number of aliphatic hydroxyl groups is 1. The molecule has 0 aromatic carbocycles. The number of aliphatic hydroxyl groups excluding tert-OH is 1. The summed E-state index contributed by atoms with van der Waals surface area (Å²) in [6.45, 7) is 4.95. The van der Waals surface area contributed by atoms with Crippen LogP contribution in [0.2, 0.25) is 0 Å². The summed E-state index contributed by atoms with van der Waals surface area (Å²) >= 11 is 0. The monoisotopic (exact) mass is 424 g/mol. The molecule has 0 aliphatic carbocycles. The van der Waals surface area contributed by atoms with Gasteiger partial charge in [-0.25, -0.2) is 0 Å². The molecule has 0 saturated heterocycles. The Balaban J connectivity index is 3.36. The average molecular weight is 425 g/mol. The highest BCUT2D eigenvalue weighted by molar-refractivity contribution is 5.69. The molecule has 0 saturated carbocycles. The minimum atomic E-state index is -0.529. The molecule has 0 heterocycles. The van der Waals surface area contributed by atoms with Crippen LogP contribution < -0.4 is 0 Å². The molecular formula is C26H48O4. The molecule has 0 aromatic rings. The minimum Gasteiger partial charge on any atom is -0.457 e. The predicted octanol–water partition coefficient (Wildman–Crippen LogP) is 6.91. The van der Waals surface area contributed by atoms with E-state index in [2.05, 4.69) is 31.2 Å². The van der Waals surface area contributed by atoms with Crippen LogP contribution in [-0.2, 0) is 14.3 Å². The van der Waals surface area contributed by atoms with E-state index in [0.717, 1.165) is 25.7 Å². The van der Waals surface area contributed by atoms with Gasteiger partial charge >= 0.3 is 5.97 Å². The first kappa shape index (κ1) is 28.9. The molecule has 0 amide bonds. The van der Waals surface area contributed by atoms with Gasteiger partial charge in [0, 0.05) is 13.0 Å². The van der Waals surface area contributed by atoms with Gasteiger partial charge in [-0.05, 0) is 44.9 Å². The van der Waals surface area contributed by atoms with Gasteiger partial charge in [0.05, 0.1) is 13.2 Å². The van der Waals surface area contributed by atoms with Crippen LogP contribution in [0.25, 0.3) is 0 Å². The first-order valence-corrected chi connectivity index (χ1v) is 12.4. The zero-order chi connectivity index (χ0) is 22.1. The third-order valence-corrected chi connectivity index (χ3v) is 5.00. The fourth-order valence-corrected chi connectivity index (χ4v) is 3.16. The van der Waals surface area contributed by atoms with Crippen LogP contribution in [0.1, 0.15) is 110 Å². The van der Waals surface area contributed by atoms with Gasteiger partial charge in [-0.2, -0.15) is 0 Å². The number of carbonyl (C=O) groups excluding carboxylic acids is 1. The maximum Gasteiger partial charge on any atom is 0.306 e. The third kappa shape index (κ3) is 21.6. The Kier molecular flexibility index (Phi) is 23.2. The van der Waals surface area contributed by atoms with Crippen LogP contribution in [0.4, 0.5) is 0 Å². The van der Waals surface area contributed by atoms with Crippen molar-refractivity contribution in [3.05, 3.63) is 24.3 Å². The van der Waals surface area contributed by atoms with Crippen molar-refractivity contribution in [2.75, 3.05) is 19.8 Å². The molecule has 30 heavy (non-hydrogen) atoms. The van der Waals surface area contributed by atoms with Gasteiger partial charge in [0.1, 0.15) is 6.10 Å². The molecule has 0 rings (SSSR count). The lowest BCUT2D eigenvalue weighted by Gasteiger charge is -2.15. The van der Waals surface area contributed by atoms with Crippen LogP contribution in [0.3, 0.4) is 0 Å². The Hall–Kier alpha value is -1.13. The molecule has 0 radical (unpaired) electrons. The molecule has 0 aliphatic rings. The second kappa shape index (κ2) is 24.1. The zero-order valence-electron chi connectivity index (χ0n) is 19.8. The normalized spacial score (nSPS) is 12.8. The van der Waals surface area contributed by atoms with Gasteiger partial charge in [-0.15, -0.1) is 0 Å². The molecule has 0 aliphatic heterocycles. The van der Waals surface area contributed by atoms with Gasteiger partial charge in [0.25, 0.3) is 0 Å². The van der Waals surface area contributed by atoms with E-state index in [-0.39, 0.29) is 19.2 Å². The second-order valence-corrected chi connectivity index (χ2v) is 8.06. The SMILES string of the molecule is CCCCCC/C=C\C/C=C\CCCCCCCCOCC(CO)OC(=O)CCC. The van der Waals surface area contributed by atoms with E-state index in [0.29, 0.717) is 13.0 Å². The Morgan fingerprint density at radius 3 is 2.00 bits per heavy atom. The van der Waals surface area contributed by atoms with Crippen molar-refractivity contribution in [1.82, 2.24) is 0 Å². The van der Waals surface area contributed by atoms with Gasteiger partial charge in [0.15, 0.2) is 0 Å². The fraction of sp³-hybridized carbons (Fsp3) is 0.808. The summed E-state index contributed by atoms with van der Waals surface area (Å²) in [5.74, 6) is -0.260. The van der Waals surface area contributed by atoms with E-state index in [1.165, 1.54) is 64.2 Å². The van der Waals surface area contributed by atoms with Crippen molar-refractivity contribution < 1.29 is 19.4 Å². The average Bonchev–Trinajstić information content (AvgIpc) is 2.74. The topological polar surface area (TPSA) is 55.8 Å². The minimum absolute atomic E-state index is 0.181. The van der Waals surface area contributed by atoms with E-state index < -0.39 is 6.10 Å². The first-order valence-electron chi connectivity index (χ1n) is 12.4. The molecule has 0 aromatic heterocycles. The van der Waals surface area contributed by atoms with Crippen LogP contribution >= 0.6 is 0 Å². The van der Waals surface area contributed by atoms with Crippen LogP contribution in [-0.4, -0.2) is 37.0 Å². The number of hydrogen-bond donors (Lipinski definition) is 1. The summed E-state index contributed by atoms with van der Waals surface area (Å²) in [6.07, 6.45) is 26.0. The Morgan fingerprint density at radius 1 is 0.800 bits per heavy atom. The molecule has 0 spiro atoms. The number of hydrogen-bond acceptors (Lipinski definition) is 4. The standard InChI is InChI=1S/C26H48O4/c1-3-5-6-7-8-9-10-11-12-13-14-15-16-17-18-19-20-22-29-24-25(23-27)30-26(28)21-4-2/h9-10,12-13,25,27H,3-8,11,14-24H2,1-2H3/b10-9-,13-12-. The molecule has 1 atom stereocenters. The van der Waals surface area contributed by atoms with Crippen molar-refractivity contribution >= 4 is 5.97 Å². The van der Waals surface area contributed by atoms with Gasteiger partial charge in [0.2, 0.25) is 0 Å². The van der Waals surface area contributed by atoms with Gasteiger partial charge < -0.3 is 14.6 Å². The largest absolute Gasteiger partial charge is 0.457 e. The highest BCUT2D eigenvalue weighted by atomic mass is 16.6. The smallest absolute Gasteiger partial charge is 0.306 e. The van der Waals surface area contributed by atoms with Crippen LogP contribution in [0, 0.1) is 0 Å². The number of carbonyl (C=O) groups is 1. The quantitative estimate of drug-likeness (QED) is 0.116. The summed E-state index contributed by atoms with van der Waals surface area (Å²) in [6, 6.07) is 0. The summed E-state index contributed by atoms with van der Waals surface area (Å²) in [5, 5.41) is 9.23. The van der Waals surface area contributed by atoms with E-state index in [4.69, 9.17) is 9.47 Å². The van der Waals surface area contributed by atoms with Crippen molar-refractivity contribution in [1.29, 1.82) is 0 Å². The molecule has 4 heteroatoms. The number of allylic oxidation sites excluding steroid dienone is 4. The summed E-state index contributed by atoms with van der Waals surface area (Å²) < 4.78 is 10.7. The van der Waals surface area contributed by atoms with E-state index in [1.54, 1.807) is 0 Å². The van der Waals surface area contributed by atoms with Gasteiger partial charge in [-0.3, -0.25) is 4.79 Å². The second-order valence-electron chi connectivity index (χ2n) is 8.06. The number of unbranched alkanes of at least 4 members (excludes halogenated alkanes) is 10. The lowest BCUT2D eigenvalue weighted by atomic mass is 10.1. The Morgan fingerprint density at radius 2 is 1.40 bits per heavy atom. The van der Waals surface area contributed by atoms with Gasteiger partial charge in [-0.1, -0.05) is 83.1 Å². The van der Waals surface area contributed by atoms with Crippen LogP contribution in [0.5, 0.6) is 0 Å². The Bertz CT molecular complexity index is 417. The molecule has 0 bridgehead atoms. The van der Waals surface area contributed by atoms with Crippen molar-refractivity contribution in [3.8, 4) is 0 Å². The predicted molar refractivity (Wildman–Crippen MR) is 127 cm³/mol. The maximum absolute atomic E-state index is 11.4. The van der Waals surface area contributed by atoms with Crippen molar-refractivity contribution in [3.63, 3.8) is 0 Å². The number of esters is 1. The van der Waals surface area contributed by atoms with Crippen molar-refractivity contribution in [2.45, 2.75) is 116 Å². The van der Waals surface area contributed by atoms with E-state index >= 15 is 0 Å². The fourth-order valence-electron chi connectivity index (χ4n) is 3.16. The molecule has 176 valence electrons. The van der Waals surface area contributed by atoms with Crippen LogP contribution in [0.15, 0.2) is 24.3 Å². The maximum atomic E-state index is 11.4. The number of ether oxygens (including phenoxy) is 2. The molecule has 4 nitrogen and oxygen atoms in total. The van der Waals surface area contributed by atoms with Crippen molar-refractivity contribution in [2.24, 2.45) is 0 Å². The molecule has 1 unspecified atom stereocenters. The summed E-state index contributed by atoms with van der Waals surface area (Å²) in [7, 11) is 0. The summed E-state index contributed by atoms with van der Waals surface area (Å²) in [4.78, 5) is 11.4.